The average Bonchev–Trinajstić information content (AvgIpc) is 2.59. The molecule has 3 aliphatic carbocycles. The average molecular weight is 222 g/mol. The maximum Gasteiger partial charge on any atom is 0.0574 e. The summed E-state index contributed by atoms with van der Waals surface area (Å²) in [4.78, 5) is 0. The standard InChI is InChI=1S/C15H26O/c1-9-5-6-13-14(3,4)11-7-15(9,13)8-12(16)10(11)2/h9-13,16H,5-8H2,1-4H3. The zero-order valence-electron chi connectivity index (χ0n) is 11.2. The fraction of sp³-hybridized carbons (Fsp3) is 1.00. The second kappa shape index (κ2) is 3.04. The second-order valence-corrected chi connectivity index (χ2v) is 7.53. The molecule has 1 nitrogen and oxygen atoms in total. The lowest BCUT2D eigenvalue weighted by molar-refractivity contribution is -0.0194. The lowest BCUT2D eigenvalue weighted by Gasteiger charge is -2.42. The van der Waals surface area contributed by atoms with Crippen LogP contribution in [0.25, 0.3) is 0 Å². The van der Waals surface area contributed by atoms with Gasteiger partial charge in [-0.1, -0.05) is 27.7 Å². The van der Waals surface area contributed by atoms with E-state index in [2.05, 4.69) is 27.7 Å². The van der Waals surface area contributed by atoms with Gasteiger partial charge < -0.3 is 5.11 Å². The monoisotopic (exact) mass is 222 g/mol. The van der Waals surface area contributed by atoms with Crippen molar-refractivity contribution < 1.29 is 5.11 Å². The SMILES string of the molecule is CC1C(O)CC23CC1C(C)(C)C2CCC3C. The molecule has 0 aromatic heterocycles. The quantitative estimate of drug-likeness (QED) is 0.665. The van der Waals surface area contributed by atoms with Gasteiger partial charge in [0, 0.05) is 0 Å². The van der Waals surface area contributed by atoms with Gasteiger partial charge in [-0.3, -0.25) is 0 Å². The minimum absolute atomic E-state index is 0.0384. The molecule has 0 aromatic rings. The Morgan fingerprint density at radius 2 is 1.75 bits per heavy atom. The highest BCUT2D eigenvalue weighted by atomic mass is 16.3. The first-order valence-corrected chi connectivity index (χ1v) is 7.07. The summed E-state index contributed by atoms with van der Waals surface area (Å²) in [6, 6.07) is 0. The summed E-state index contributed by atoms with van der Waals surface area (Å²) in [6.07, 6.45) is 5.24. The van der Waals surface area contributed by atoms with Crippen molar-refractivity contribution in [1.29, 1.82) is 0 Å². The van der Waals surface area contributed by atoms with Crippen molar-refractivity contribution in [1.82, 2.24) is 0 Å². The molecule has 3 fully saturated rings. The molecule has 3 aliphatic rings. The van der Waals surface area contributed by atoms with Crippen LogP contribution >= 0.6 is 0 Å². The molecular weight excluding hydrogens is 196 g/mol. The molecule has 16 heavy (non-hydrogen) atoms. The van der Waals surface area contributed by atoms with Crippen LogP contribution in [-0.4, -0.2) is 11.2 Å². The van der Waals surface area contributed by atoms with Crippen LogP contribution in [0.2, 0.25) is 0 Å². The molecule has 2 bridgehead atoms. The van der Waals surface area contributed by atoms with Gasteiger partial charge in [0.1, 0.15) is 0 Å². The van der Waals surface area contributed by atoms with Crippen molar-refractivity contribution in [2.75, 3.05) is 0 Å². The van der Waals surface area contributed by atoms with Crippen LogP contribution in [-0.2, 0) is 0 Å². The van der Waals surface area contributed by atoms with Gasteiger partial charge in [-0.05, 0) is 60.2 Å². The summed E-state index contributed by atoms with van der Waals surface area (Å²) < 4.78 is 0. The van der Waals surface area contributed by atoms with E-state index in [0.29, 0.717) is 16.7 Å². The molecule has 6 unspecified atom stereocenters. The highest BCUT2D eigenvalue weighted by Gasteiger charge is 2.66. The second-order valence-electron chi connectivity index (χ2n) is 7.53. The first-order valence-electron chi connectivity index (χ1n) is 7.07. The lowest BCUT2D eigenvalue weighted by Crippen LogP contribution is -2.39. The van der Waals surface area contributed by atoms with Gasteiger partial charge in [-0.2, -0.15) is 0 Å². The van der Waals surface area contributed by atoms with E-state index in [-0.39, 0.29) is 6.10 Å². The summed E-state index contributed by atoms with van der Waals surface area (Å²) in [6.45, 7) is 9.64. The molecule has 1 N–H and O–H groups in total. The fourth-order valence-electron chi connectivity index (χ4n) is 5.86. The molecule has 1 heteroatoms. The van der Waals surface area contributed by atoms with Crippen LogP contribution in [0, 0.1) is 34.5 Å². The number of aliphatic hydroxyl groups is 1. The first kappa shape index (κ1) is 11.1. The van der Waals surface area contributed by atoms with Gasteiger partial charge in [0.15, 0.2) is 0 Å². The molecule has 0 saturated heterocycles. The minimum atomic E-state index is -0.0384. The lowest BCUT2D eigenvalue weighted by atomic mass is 9.64. The molecule has 3 rings (SSSR count). The smallest absolute Gasteiger partial charge is 0.0574 e. The van der Waals surface area contributed by atoms with Crippen LogP contribution in [0.5, 0.6) is 0 Å². The van der Waals surface area contributed by atoms with Gasteiger partial charge >= 0.3 is 0 Å². The molecule has 0 heterocycles. The zero-order chi connectivity index (χ0) is 11.7. The van der Waals surface area contributed by atoms with Gasteiger partial charge in [0.25, 0.3) is 0 Å². The fourth-order valence-corrected chi connectivity index (χ4v) is 5.86. The van der Waals surface area contributed by atoms with E-state index in [1.54, 1.807) is 0 Å². The Balaban J connectivity index is 2.06. The van der Waals surface area contributed by atoms with E-state index < -0.39 is 0 Å². The molecule has 0 amide bonds. The highest BCUT2D eigenvalue weighted by molar-refractivity contribution is 5.15. The number of hydrogen-bond donors (Lipinski definition) is 1. The highest BCUT2D eigenvalue weighted by Crippen LogP contribution is 2.72. The van der Waals surface area contributed by atoms with E-state index in [4.69, 9.17) is 0 Å². The van der Waals surface area contributed by atoms with Crippen molar-refractivity contribution >= 4 is 0 Å². The minimum Gasteiger partial charge on any atom is -0.393 e. The molecule has 6 atom stereocenters. The van der Waals surface area contributed by atoms with Crippen molar-refractivity contribution in [3.8, 4) is 0 Å². The molecule has 0 radical (unpaired) electrons. The summed E-state index contributed by atoms with van der Waals surface area (Å²) in [5.41, 5.74) is 0.960. The largest absolute Gasteiger partial charge is 0.393 e. The van der Waals surface area contributed by atoms with E-state index in [1.807, 2.05) is 0 Å². The Kier molecular flexibility index (Phi) is 2.11. The van der Waals surface area contributed by atoms with Gasteiger partial charge in [0.05, 0.1) is 6.10 Å². The Morgan fingerprint density at radius 1 is 1.06 bits per heavy atom. The van der Waals surface area contributed by atoms with Crippen molar-refractivity contribution in [2.45, 2.75) is 59.5 Å². The van der Waals surface area contributed by atoms with Crippen molar-refractivity contribution in [3.63, 3.8) is 0 Å². The van der Waals surface area contributed by atoms with Gasteiger partial charge in [0.2, 0.25) is 0 Å². The number of aliphatic hydroxyl groups excluding tert-OH is 1. The maximum absolute atomic E-state index is 10.4. The normalized spacial score (nSPS) is 58.7. The molecule has 3 saturated carbocycles. The molecule has 1 spiro atoms. The molecular formula is C15H26O. The Labute approximate surface area is 99.6 Å². The van der Waals surface area contributed by atoms with Gasteiger partial charge in [-0.25, -0.2) is 0 Å². The number of rotatable bonds is 0. The van der Waals surface area contributed by atoms with E-state index in [1.165, 1.54) is 19.3 Å². The third-order valence-corrected chi connectivity index (χ3v) is 6.85. The third-order valence-electron chi connectivity index (χ3n) is 6.85. The summed E-state index contributed by atoms with van der Waals surface area (Å²) >= 11 is 0. The predicted molar refractivity (Wildman–Crippen MR) is 66.0 cm³/mol. The molecule has 0 aliphatic heterocycles. The van der Waals surface area contributed by atoms with E-state index in [9.17, 15) is 5.11 Å². The Morgan fingerprint density at radius 3 is 2.44 bits per heavy atom. The van der Waals surface area contributed by atoms with Crippen LogP contribution < -0.4 is 0 Å². The van der Waals surface area contributed by atoms with Gasteiger partial charge in [-0.15, -0.1) is 0 Å². The van der Waals surface area contributed by atoms with E-state index in [0.717, 1.165) is 24.2 Å². The van der Waals surface area contributed by atoms with Crippen LogP contribution in [0.15, 0.2) is 0 Å². The first-order chi connectivity index (χ1) is 7.39. The number of hydrogen-bond acceptors (Lipinski definition) is 1. The van der Waals surface area contributed by atoms with Crippen molar-refractivity contribution in [3.05, 3.63) is 0 Å². The summed E-state index contributed by atoms with van der Waals surface area (Å²) in [7, 11) is 0. The Hall–Kier alpha value is -0.0400. The molecule has 92 valence electrons. The van der Waals surface area contributed by atoms with E-state index >= 15 is 0 Å². The van der Waals surface area contributed by atoms with Crippen molar-refractivity contribution in [2.24, 2.45) is 34.5 Å². The number of fused-ring (bicyclic) bond motifs is 1. The predicted octanol–water partition coefficient (Wildman–Crippen LogP) is 3.47. The zero-order valence-corrected chi connectivity index (χ0v) is 11.2. The third kappa shape index (κ3) is 1.06. The summed E-state index contributed by atoms with van der Waals surface area (Å²) in [5.74, 6) is 2.98. The Bertz CT molecular complexity index is 309. The summed E-state index contributed by atoms with van der Waals surface area (Å²) in [5, 5.41) is 10.4. The van der Waals surface area contributed by atoms with Crippen LogP contribution in [0.4, 0.5) is 0 Å². The molecule has 0 aromatic carbocycles. The van der Waals surface area contributed by atoms with Crippen LogP contribution in [0.1, 0.15) is 53.4 Å². The topological polar surface area (TPSA) is 20.2 Å². The maximum atomic E-state index is 10.4. The van der Waals surface area contributed by atoms with Crippen LogP contribution in [0.3, 0.4) is 0 Å².